The molecule has 1 unspecified atom stereocenters. The number of rotatable bonds is 5. The van der Waals surface area contributed by atoms with Crippen LogP contribution in [0.2, 0.25) is 0 Å². The summed E-state index contributed by atoms with van der Waals surface area (Å²) in [7, 11) is 0. The molecule has 23 heavy (non-hydrogen) atoms. The minimum Gasteiger partial charge on any atom is -0.394 e. The first kappa shape index (κ1) is 17.2. The van der Waals surface area contributed by atoms with Crippen molar-refractivity contribution < 1.29 is 14.6 Å². The Bertz CT molecular complexity index is 727. The fourth-order valence-corrected chi connectivity index (χ4v) is 2.34. The molecule has 0 amide bonds. The molecule has 0 radical (unpaired) electrons. The largest absolute Gasteiger partial charge is 0.394 e. The van der Waals surface area contributed by atoms with Crippen molar-refractivity contribution in [1.82, 2.24) is 9.55 Å². The van der Waals surface area contributed by atoms with E-state index < -0.39 is 23.6 Å². The van der Waals surface area contributed by atoms with Gasteiger partial charge in [0.15, 0.2) is 0 Å². The van der Waals surface area contributed by atoms with E-state index in [0.29, 0.717) is 13.0 Å². The molecular formula is C15H19N3O5. The quantitative estimate of drug-likeness (QED) is 0.458. The molecule has 0 aromatic carbocycles. The lowest BCUT2D eigenvalue weighted by Gasteiger charge is -2.15. The molecule has 2 heterocycles. The molecule has 1 aromatic heterocycles. The zero-order valence-corrected chi connectivity index (χ0v) is 12.5. The highest BCUT2D eigenvalue weighted by Crippen LogP contribution is 2.29. The number of nitrogens with one attached hydrogen (secondary N) is 1. The summed E-state index contributed by atoms with van der Waals surface area (Å²) in [4.78, 5) is 25.9. The summed E-state index contributed by atoms with van der Waals surface area (Å²) >= 11 is 0. The van der Waals surface area contributed by atoms with Crippen LogP contribution in [0.5, 0.6) is 0 Å². The van der Waals surface area contributed by atoms with Crippen molar-refractivity contribution >= 4 is 0 Å². The van der Waals surface area contributed by atoms with Crippen molar-refractivity contribution in [1.29, 1.82) is 0 Å². The van der Waals surface area contributed by atoms with Crippen LogP contribution in [0.4, 0.5) is 0 Å². The Morgan fingerprint density at radius 1 is 1.61 bits per heavy atom. The summed E-state index contributed by atoms with van der Waals surface area (Å²) in [6, 6.07) is 0. The average Bonchev–Trinajstić information content (AvgIpc) is 2.95. The number of aromatic nitrogens is 2. The number of aromatic amines is 1. The van der Waals surface area contributed by atoms with Crippen molar-refractivity contribution in [3.05, 3.63) is 45.3 Å². The van der Waals surface area contributed by atoms with Crippen LogP contribution in [-0.2, 0) is 9.47 Å². The third-order valence-electron chi connectivity index (χ3n) is 3.39. The first-order valence-electron chi connectivity index (χ1n) is 7.14. The van der Waals surface area contributed by atoms with Crippen LogP contribution < -0.4 is 17.0 Å². The number of aliphatic hydroxyl groups excluding tert-OH is 1. The van der Waals surface area contributed by atoms with Crippen molar-refractivity contribution in [2.45, 2.75) is 24.9 Å². The van der Waals surface area contributed by atoms with Gasteiger partial charge in [-0.3, -0.25) is 14.3 Å². The summed E-state index contributed by atoms with van der Waals surface area (Å²) in [5, 5.41) is 9.37. The maximum atomic E-state index is 12.0. The third-order valence-corrected chi connectivity index (χ3v) is 3.39. The third kappa shape index (κ3) is 3.97. The number of ether oxygens (including phenoxy) is 2. The van der Waals surface area contributed by atoms with Gasteiger partial charge < -0.3 is 20.3 Å². The van der Waals surface area contributed by atoms with Crippen molar-refractivity contribution in [3.8, 4) is 11.8 Å². The van der Waals surface area contributed by atoms with E-state index in [1.807, 2.05) is 0 Å². The van der Waals surface area contributed by atoms with Crippen LogP contribution in [0.25, 0.3) is 0 Å². The fourth-order valence-electron chi connectivity index (χ4n) is 2.34. The summed E-state index contributed by atoms with van der Waals surface area (Å²) in [6.07, 6.45) is 1.68. The predicted molar refractivity (Wildman–Crippen MR) is 82.8 cm³/mol. The predicted octanol–water partition coefficient (Wildman–Crippen LogP) is -1.30. The molecule has 124 valence electrons. The van der Waals surface area contributed by atoms with E-state index in [9.17, 15) is 14.7 Å². The van der Waals surface area contributed by atoms with Crippen LogP contribution in [-0.4, -0.2) is 46.6 Å². The van der Waals surface area contributed by atoms with E-state index in [4.69, 9.17) is 15.2 Å². The van der Waals surface area contributed by atoms with Crippen LogP contribution >= 0.6 is 0 Å². The lowest BCUT2D eigenvalue weighted by atomic mass is 10.2. The lowest BCUT2D eigenvalue weighted by molar-refractivity contribution is -0.0582. The van der Waals surface area contributed by atoms with E-state index in [1.54, 1.807) is 6.08 Å². The molecule has 0 saturated carbocycles. The van der Waals surface area contributed by atoms with Crippen molar-refractivity contribution in [2.24, 2.45) is 5.73 Å². The van der Waals surface area contributed by atoms with Gasteiger partial charge in [-0.2, -0.15) is 0 Å². The molecular weight excluding hydrogens is 302 g/mol. The zero-order valence-electron chi connectivity index (χ0n) is 12.5. The Labute approximate surface area is 132 Å². The van der Waals surface area contributed by atoms with E-state index in [2.05, 4.69) is 23.4 Å². The highest BCUT2D eigenvalue weighted by Gasteiger charge is 2.37. The Kier molecular flexibility index (Phi) is 5.90. The van der Waals surface area contributed by atoms with Crippen molar-refractivity contribution in [3.63, 3.8) is 0 Å². The average molecular weight is 321 g/mol. The molecule has 1 saturated heterocycles. The summed E-state index contributed by atoms with van der Waals surface area (Å²) in [6.45, 7) is 3.74. The number of hydrogen-bond acceptors (Lipinski definition) is 6. The maximum absolute atomic E-state index is 12.0. The minimum absolute atomic E-state index is 0.0998. The second-order valence-corrected chi connectivity index (χ2v) is 4.92. The minimum atomic E-state index is -0.662. The smallest absolute Gasteiger partial charge is 0.330 e. The molecule has 0 bridgehead atoms. The van der Waals surface area contributed by atoms with E-state index in [-0.39, 0.29) is 24.8 Å². The number of nitrogens with zero attached hydrogens (tertiary/aromatic N) is 1. The highest BCUT2D eigenvalue weighted by atomic mass is 16.6. The first-order valence-corrected chi connectivity index (χ1v) is 7.14. The fraction of sp³-hybridized carbons (Fsp3) is 0.467. The molecule has 8 heteroatoms. The molecule has 0 spiro atoms. The molecule has 4 N–H and O–H groups in total. The Hall–Kier alpha value is -2.18. The van der Waals surface area contributed by atoms with Crippen LogP contribution in [0, 0.1) is 11.8 Å². The van der Waals surface area contributed by atoms with Gasteiger partial charge in [-0.05, 0) is 0 Å². The van der Waals surface area contributed by atoms with Gasteiger partial charge in [0, 0.05) is 12.6 Å². The zero-order chi connectivity index (χ0) is 16.8. The van der Waals surface area contributed by atoms with E-state index in [0.717, 1.165) is 0 Å². The molecule has 1 aromatic rings. The molecule has 1 fully saturated rings. The van der Waals surface area contributed by atoms with Gasteiger partial charge >= 0.3 is 5.69 Å². The van der Waals surface area contributed by atoms with Gasteiger partial charge in [0.2, 0.25) is 0 Å². The maximum Gasteiger partial charge on any atom is 0.330 e. The molecule has 3 atom stereocenters. The summed E-state index contributed by atoms with van der Waals surface area (Å²) in [5.41, 5.74) is 4.21. The van der Waals surface area contributed by atoms with Crippen LogP contribution in [0.15, 0.2) is 28.4 Å². The molecule has 1 aliphatic rings. The van der Waals surface area contributed by atoms with Gasteiger partial charge in [0.05, 0.1) is 25.9 Å². The standard InChI is InChI=1S/C15H19N3O5/c1-2-6-22-11-7-13(23-12(11)9-19)18-8-10(4-3-5-16)14(20)17-15(18)21/h2,8,11-13,19H,1,5-7,9,16H2,(H,17,20,21)/t11-,12?,13-/m1/s1. The second-order valence-electron chi connectivity index (χ2n) is 4.92. The number of hydrogen-bond donors (Lipinski definition) is 3. The first-order chi connectivity index (χ1) is 11.1. The Balaban J connectivity index is 2.29. The van der Waals surface area contributed by atoms with Gasteiger partial charge in [0.25, 0.3) is 5.56 Å². The number of aliphatic hydroxyl groups is 1. The van der Waals surface area contributed by atoms with Gasteiger partial charge in [-0.1, -0.05) is 17.9 Å². The van der Waals surface area contributed by atoms with Gasteiger partial charge in [0.1, 0.15) is 17.9 Å². The van der Waals surface area contributed by atoms with E-state index in [1.165, 1.54) is 10.8 Å². The number of H-pyrrole nitrogens is 1. The Morgan fingerprint density at radius 3 is 3.04 bits per heavy atom. The highest BCUT2D eigenvalue weighted by molar-refractivity contribution is 5.29. The van der Waals surface area contributed by atoms with Gasteiger partial charge in [-0.25, -0.2) is 4.79 Å². The normalized spacial score (nSPS) is 23.3. The van der Waals surface area contributed by atoms with Crippen LogP contribution in [0.1, 0.15) is 18.2 Å². The molecule has 2 rings (SSSR count). The monoisotopic (exact) mass is 321 g/mol. The SMILES string of the molecule is C=CCO[C@@H]1C[C@H](n2cc(C#CCN)c(=O)[nH]c2=O)OC1CO. The lowest BCUT2D eigenvalue weighted by Crippen LogP contribution is -2.33. The molecule has 8 nitrogen and oxygen atoms in total. The Morgan fingerprint density at radius 2 is 2.39 bits per heavy atom. The second kappa shape index (κ2) is 7.89. The molecule has 0 aliphatic carbocycles. The molecule has 1 aliphatic heterocycles. The summed E-state index contributed by atoms with van der Waals surface area (Å²) < 4.78 is 12.4. The number of nitrogens with two attached hydrogens (primary N) is 1. The topological polar surface area (TPSA) is 120 Å². The van der Waals surface area contributed by atoms with Crippen LogP contribution in [0.3, 0.4) is 0 Å². The van der Waals surface area contributed by atoms with Gasteiger partial charge in [-0.15, -0.1) is 6.58 Å². The van der Waals surface area contributed by atoms with E-state index >= 15 is 0 Å². The summed E-state index contributed by atoms with van der Waals surface area (Å²) in [5.74, 6) is 5.17. The van der Waals surface area contributed by atoms with Crippen molar-refractivity contribution in [2.75, 3.05) is 19.8 Å².